The monoisotopic (exact) mass is 264 g/mol. The molecule has 6 nitrogen and oxygen atoms in total. The highest BCUT2D eigenvalue weighted by molar-refractivity contribution is 5.93. The van der Waals surface area contributed by atoms with Crippen molar-refractivity contribution in [1.82, 2.24) is 0 Å². The van der Waals surface area contributed by atoms with Gasteiger partial charge in [0.05, 0.1) is 5.56 Å². The van der Waals surface area contributed by atoms with E-state index < -0.39 is 11.9 Å². The summed E-state index contributed by atoms with van der Waals surface area (Å²) in [5.74, 6) is -0.755. The number of hydrogen-bond acceptors (Lipinski definition) is 6. The van der Waals surface area contributed by atoms with Crippen LogP contribution < -0.4 is 4.74 Å². The van der Waals surface area contributed by atoms with E-state index in [9.17, 15) is 14.4 Å². The van der Waals surface area contributed by atoms with Gasteiger partial charge in [-0.25, -0.2) is 9.59 Å². The fourth-order valence-electron chi connectivity index (χ4n) is 1.16. The van der Waals surface area contributed by atoms with Gasteiger partial charge in [0.25, 0.3) is 0 Å². The van der Waals surface area contributed by atoms with Crippen molar-refractivity contribution >= 4 is 18.4 Å². The Hall–Kier alpha value is -2.63. The van der Waals surface area contributed by atoms with Gasteiger partial charge in [-0.3, -0.25) is 4.79 Å². The second kappa shape index (κ2) is 7.65. The lowest BCUT2D eigenvalue weighted by molar-refractivity contribution is -0.138. The molecule has 0 bridgehead atoms. The second-order valence-electron chi connectivity index (χ2n) is 3.25. The molecule has 1 rings (SSSR count). The van der Waals surface area contributed by atoms with Crippen LogP contribution >= 0.6 is 0 Å². The minimum Gasteiger partial charge on any atom is -0.490 e. The molecular formula is C13H12O6. The Bertz CT molecular complexity index is 463. The second-order valence-corrected chi connectivity index (χ2v) is 3.25. The molecule has 0 radical (unpaired) electrons. The zero-order chi connectivity index (χ0) is 14.1. The third-order valence-electron chi connectivity index (χ3n) is 2.01. The van der Waals surface area contributed by atoms with Crippen molar-refractivity contribution < 1.29 is 28.6 Å². The van der Waals surface area contributed by atoms with E-state index >= 15 is 0 Å². The smallest absolute Gasteiger partial charge is 0.345 e. The first-order chi connectivity index (χ1) is 9.17. The molecule has 0 aliphatic carbocycles. The van der Waals surface area contributed by atoms with Gasteiger partial charge in [0.2, 0.25) is 0 Å². The topological polar surface area (TPSA) is 78.9 Å². The van der Waals surface area contributed by atoms with Crippen LogP contribution in [0.1, 0.15) is 10.4 Å². The van der Waals surface area contributed by atoms with E-state index in [0.717, 1.165) is 6.08 Å². The Morgan fingerprint density at radius 1 is 1.16 bits per heavy atom. The summed E-state index contributed by atoms with van der Waals surface area (Å²) in [5.41, 5.74) is 0.234. The Labute approximate surface area is 109 Å². The number of carbonyl (C=O) groups excluding carboxylic acids is 3. The molecule has 0 saturated heterocycles. The predicted molar refractivity (Wildman–Crippen MR) is 64.6 cm³/mol. The standard InChI is InChI=1S/C13H12O6/c1-2-12(15)18-8-7-17-11-5-3-10(4-6-11)13(16)19-9-14/h2-6,9H,1,7-8H2. The number of esters is 2. The normalized spacial score (nSPS) is 9.26. The first-order valence-corrected chi connectivity index (χ1v) is 5.34. The van der Waals surface area contributed by atoms with Gasteiger partial charge < -0.3 is 14.2 Å². The maximum absolute atomic E-state index is 11.2. The van der Waals surface area contributed by atoms with Crippen LogP contribution in [-0.4, -0.2) is 31.6 Å². The molecule has 0 aromatic heterocycles. The molecule has 100 valence electrons. The quantitative estimate of drug-likeness (QED) is 0.241. The average molecular weight is 264 g/mol. The molecule has 0 aliphatic heterocycles. The van der Waals surface area contributed by atoms with E-state index in [4.69, 9.17) is 9.47 Å². The van der Waals surface area contributed by atoms with Crippen LogP contribution in [0.4, 0.5) is 0 Å². The molecule has 0 amide bonds. The fourth-order valence-corrected chi connectivity index (χ4v) is 1.16. The lowest BCUT2D eigenvalue weighted by Gasteiger charge is -2.06. The van der Waals surface area contributed by atoms with E-state index in [1.165, 1.54) is 24.3 Å². The predicted octanol–water partition coefficient (Wildman–Crippen LogP) is 1.11. The maximum atomic E-state index is 11.2. The van der Waals surface area contributed by atoms with Gasteiger partial charge in [-0.05, 0) is 24.3 Å². The molecule has 1 aromatic carbocycles. The SMILES string of the molecule is C=CC(=O)OCCOc1ccc(C(=O)OC=O)cc1. The van der Waals surface area contributed by atoms with Crippen molar-refractivity contribution in [1.29, 1.82) is 0 Å². The van der Waals surface area contributed by atoms with Gasteiger partial charge in [-0.2, -0.15) is 0 Å². The number of rotatable bonds is 7. The number of benzene rings is 1. The number of hydrogen-bond donors (Lipinski definition) is 0. The summed E-state index contributed by atoms with van der Waals surface area (Å²) in [7, 11) is 0. The van der Waals surface area contributed by atoms with Crippen LogP contribution in [0.2, 0.25) is 0 Å². The summed E-state index contributed by atoms with van der Waals surface area (Å²) in [4.78, 5) is 31.9. The lowest BCUT2D eigenvalue weighted by atomic mass is 10.2. The van der Waals surface area contributed by atoms with Gasteiger partial charge in [-0.1, -0.05) is 6.58 Å². The fraction of sp³-hybridized carbons (Fsp3) is 0.154. The van der Waals surface area contributed by atoms with Gasteiger partial charge in [0.15, 0.2) is 0 Å². The summed E-state index contributed by atoms with van der Waals surface area (Å²) in [5, 5.41) is 0. The van der Waals surface area contributed by atoms with E-state index in [-0.39, 0.29) is 25.2 Å². The lowest BCUT2D eigenvalue weighted by Crippen LogP contribution is -2.10. The largest absolute Gasteiger partial charge is 0.490 e. The van der Waals surface area contributed by atoms with E-state index in [0.29, 0.717) is 5.75 Å². The van der Waals surface area contributed by atoms with Gasteiger partial charge >= 0.3 is 18.4 Å². The minimum atomic E-state index is -0.735. The molecule has 19 heavy (non-hydrogen) atoms. The zero-order valence-electron chi connectivity index (χ0n) is 10.0. The third-order valence-corrected chi connectivity index (χ3v) is 2.01. The van der Waals surface area contributed by atoms with Crippen molar-refractivity contribution in [3.8, 4) is 5.75 Å². The average Bonchev–Trinajstić information content (AvgIpc) is 2.44. The summed E-state index contributed by atoms with van der Waals surface area (Å²) >= 11 is 0. The molecule has 0 saturated carbocycles. The highest BCUT2D eigenvalue weighted by Crippen LogP contribution is 2.12. The van der Waals surface area contributed by atoms with Crippen molar-refractivity contribution in [2.24, 2.45) is 0 Å². The van der Waals surface area contributed by atoms with Crippen LogP contribution in [0, 0.1) is 0 Å². The highest BCUT2D eigenvalue weighted by atomic mass is 16.6. The summed E-state index contributed by atoms with van der Waals surface area (Å²) in [6.07, 6.45) is 1.06. The first-order valence-electron chi connectivity index (χ1n) is 5.34. The van der Waals surface area contributed by atoms with Crippen LogP contribution in [0.25, 0.3) is 0 Å². The summed E-state index contributed by atoms with van der Waals surface area (Å²) in [6, 6.07) is 5.99. The van der Waals surface area contributed by atoms with Gasteiger partial charge in [-0.15, -0.1) is 0 Å². The molecule has 0 aliphatic rings. The van der Waals surface area contributed by atoms with E-state index in [1.807, 2.05) is 0 Å². The molecule has 1 aromatic rings. The molecule has 0 heterocycles. The van der Waals surface area contributed by atoms with Crippen LogP contribution in [0.15, 0.2) is 36.9 Å². The molecular weight excluding hydrogens is 252 g/mol. The van der Waals surface area contributed by atoms with Crippen LogP contribution in [-0.2, 0) is 19.1 Å². The molecule has 6 heteroatoms. The van der Waals surface area contributed by atoms with E-state index in [2.05, 4.69) is 11.3 Å². The third kappa shape index (κ3) is 5.03. The van der Waals surface area contributed by atoms with Crippen molar-refractivity contribution in [3.05, 3.63) is 42.5 Å². The van der Waals surface area contributed by atoms with Crippen LogP contribution in [0.3, 0.4) is 0 Å². The molecule has 0 spiro atoms. The van der Waals surface area contributed by atoms with Crippen LogP contribution in [0.5, 0.6) is 5.75 Å². The summed E-state index contributed by atoms with van der Waals surface area (Å²) in [6.45, 7) is 3.60. The Morgan fingerprint density at radius 2 is 1.84 bits per heavy atom. The zero-order valence-corrected chi connectivity index (χ0v) is 10.0. The van der Waals surface area contributed by atoms with Crippen molar-refractivity contribution in [2.45, 2.75) is 0 Å². The Kier molecular flexibility index (Phi) is 5.81. The first kappa shape index (κ1) is 14.4. The van der Waals surface area contributed by atoms with Crippen molar-refractivity contribution in [2.75, 3.05) is 13.2 Å². The minimum absolute atomic E-state index is 0.0701. The Morgan fingerprint density at radius 3 is 2.42 bits per heavy atom. The number of ether oxygens (including phenoxy) is 3. The molecule has 0 atom stereocenters. The van der Waals surface area contributed by atoms with Gasteiger partial charge in [0.1, 0.15) is 19.0 Å². The molecule has 0 fully saturated rings. The van der Waals surface area contributed by atoms with E-state index in [1.54, 1.807) is 0 Å². The highest BCUT2D eigenvalue weighted by Gasteiger charge is 2.06. The maximum Gasteiger partial charge on any atom is 0.345 e. The van der Waals surface area contributed by atoms with Gasteiger partial charge in [0, 0.05) is 6.08 Å². The number of carbonyl (C=O) groups is 3. The van der Waals surface area contributed by atoms with Crippen molar-refractivity contribution in [3.63, 3.8) is 0 Å². The Balaban J connectivity index is 2.40. The molecule has 0 N–H and O–H groups in total. The molecule has 0 unspecified atom stereocenters. The summed E-state index contributed by atoms with van der Waals surface area (Å²) < 4.78 is 14.2.